The fourth-order valence-electron chi connectivity index (χ4n) is 2.41. The SMILES string of the molecule is COc1ncc(C2(C(=O)O)CC(N)C2)cc1C. The molecular weight excluding hydrogens is 220 g/mol. The Labute approximate surface area is 99.6 Å². The van der Waals surface area contributed by atoms with Gasteiger partial charge in [-0.25, -0.2) is 4.98 Å². The first-order valence-corrected chi connectivity index (χ1v) is 5.49. The number of carbonyl (C=O) groups is 1. The molecule has 0 radical (unpaired) electrons. The van der Waals surface area contributed by atoms with Gasteiger partial charge < -0.3 is 15.6 Å². The highest BCUT2D eigenvalue weighted by Crippen LogP contribution is 2.43. The van der Waals surface area contributed by atoms with Gasteiger partial charge >= 0.3 is 5.97 Å². The number of pyridine rings is 1. The molecule has 0 amide bonds. The van der Waals surface area contributed by atoms with E-state index >= 15 is 0 Å². The van der Waals surface area contributed by atoms with Crippen LogP contribution in [0.5, 0.6) is 5.88 Å². The number of aryl methyl sites for hydroxylation is 1. The maximum absolute atomic E-state index is 11.4. The van der Waals surface area contributed by atoms with Gasteiger partial charge in [0.15, 0.2) is 0 Å². The Kier molecular flexibility index (Phi) is 2.79. The summed E-state index contributed by atoms with van der Waals surface area (Å²) in [5.74, 6) is -0.302. The lowest BCUT2D eigenvalue weighted by atomic mass is 9.62. The van der Waals surface area contributed by atoms with Gasteiger partial charge in [0.25, 0.3) is 0 Å². The number of rotatable bonds is 3. The number of carboxylic acid groups (broad SMARTS) is 1. The van der Waals surface area contributed by atoms with Crippen LogP contribution in [0.25, 0.3) is 0 Å². The zero-order valence-electron chi connectivity index (χ0n) is 9.93. The van der Waals surface area contributed by atoms with Gasteiger partial charge in [-0.15, -0.1) is 0 Å². The van der Waals surface area contributed by atoms with Gasteiger partial charge in [0.2, 0.25) is 5.88 Å². The lowest BCUT2D eigenvalue weighted by Gasteiger charge is -2.42. The first-order valence-electron chi connectivity index (χ1n) is 5.49. The van der Waals surface area contributed by atoms with E-state index < -0.39 is 11.4 Å². The number of aromatic nitrogens is 1. The molecule has 1 aliphatic rings. The average Bonchev–Trinajstić information content (AvgIpc) is 2.24. The number of methoxy groups -OCH3 is 1. The van der Waals surface area contributed by atoms with Crippen molar-refractivity contribution in [2.45, 2.75) is 31.2 Å². The van der Waals surface area contributed by atoms with Crippen LogP contribution in [0.4, 0.5) is 0 Å². The van der Waals surface area contributed by atoms with E-state index in [0.29, 0.717) is 24.3 Å². The third-order valence-electron chi connectivity index (χ3n) is 3.41. The highest BCUT2D eigenvalue weighted by atomic mass is 16.5. The van der Waals surface area contributed by atoms with Gasteiger partial charge in [-0.2, -0.15) is 0 Å². The Hall–Kier alpha value is -1.62. The molecule has 0 atom stereocenters. The van der Waals surface area contributed by atoms with Crippen LogP contribution < -0.4 is 10.5 Å². The van der Waals surface area contributed by atoms with Crippen LogP contribution >= 0.6 is 0 Å². The molecule has 1 aliphatic carbocycles. The van der Waals surface area contributed by atoms with E-state index in [1.54, 1.807) is 13.3 Å². The van der Waals surface area contributed by atoms with E-state index in [2.05, 4.69) is 4.98 Å². The van der Waals surface area contributed by atoms with Crippen molar-refractivity contribution in [1.82, 2.24) is 4.98 Å². The molecule has 3 N–H and O–H groups in total. The number of carboxylic acids is 1. The molecule has 0 bridgehead atoms. The average molecular weight is 236 g/mol. The Morgan fingerprint density at radius 3 is 2.71 bits per heavy atom. The van der Waals surface area contributed by atoms with Gasteiger partial charge in [0.1, 0.15) is 0 Å². The first kappa shape index (κ1) is 11.9. The van der Waals surface area contributed by atoms with Crippen molar-refractivity contribution in [1.29, 1.82) is 0 Å². The monoisotopic (exact) mass is 236 g/mol. The number of hydrogen-bond donors (Lipinski definition) is 2. The van der Waals surface area contributed by atoms with Crippen molar-refractivity contribution >= 4 is 5.97 Å². The van der Waals surface area contributed by atoms with Gasteiger partial charge in [-0.3, -0.25) is 4.79 Å². The second kappa shape index (κ2) is 4.00. The maximum Gasteiger partial charge on any atom is 0.314 e. The summed E-state index contributed by atoms with van der Waals surface area (Å²) in [6.07, 6.45) is 2.51. The molecule has 0 unspecified atom stereocenters. The highest BCUT2D eigenvalue weighted by Gasteiger charge is 2.50. The summed E-state index contributed by atoms with van der Waals surface area (Å²) >= 11 is 0. The van der Waals surface area contributed by atoms with Crippen LogP contribution in [0, 0.1) is 6.92 Å². The van der Waals surface area contributed by atoms with E-state index in [0.717, 1.165) is 5.56 Å². The molecule has 2 rings (SSSR count). The number of ether oxygens (including phenoxy) is 1. The van der Waals surface area contributed by atoms with E-state index in [1.165, 1.54) is 0 Å². The molecule has 1 aromatic heterocycles. The summed E-state index contributed by atoms with van der Waals surface area (Å²) in [7, 11) is 1.54. The smallest absolute Gasteiger partial charge is 0.314 e. The number of nitrogens with two attached hydrogens (primary N) is 1. The van der Waals surface area contributed by atoms with Gasteiger partial charge in [-0.1, -0.05) is 0 Å². The molecule has 0 saturated heterocycles. The van der Waals surface area contributed by atoms with Crippen LogP contribution in [0.15, 0.2) is 12.3 Å². The molecular formula is C12H16N2O3. The second-order valence-corrected chi connectivity index (χ2v) is 4.61. The number of aliphatic carboxylic acids is 1. The van der Waals surface area contributed by atoms with Crippen molar-refractivity contribution in [2.24, 2.45) is 5.73 Å². The Balaban J connectivity index is 2.39. The van der Waals surface area contributed by atoms with E-state index in [9.17, 15) is 9.90 Å². The summed E-state index contributed by atoms with van der Waals surface area (Å²) < 4.78 is 5.06. The van der Waals surface area contributed by atoms with Crippen molar-refractivity contribution < 1.29 is 14.6 Å². The molecule has 5 heteroatoms. The van der Waals surface area contributed by atoms with E-state index in [1.807, 2.05) is 13.0 Å². The zero-order chi connectivity index (χ0) is 12.6. The fraction of sp³-hybridized carbons (Fsp3) is 0.500. The van der Waals surface area contributed by atoms with Crippen molar-refractivity contribution in [3.05, 3.63) is 23.4 Å². The standard InChI is InChI=1S/C12H16N2O3/c1-7-3-8(6-14-10(7)17-2)12(11(15)16)4-9(13)5-12/h3,6,9H,4-5,13H2,1-2H3,(H,15,16). The predicted octanol–water partition coefficient (Wildman–Crippen LogP) is 0.842. The molecule has 0 aliphatic heterocycles. The summed E-state index contributed by atoms with van der Waals surface area (Å²) in [6.45, 7) is 1.85. The molecule has 5 nitrogen and oxygen atoms in total. The molecule has 1 saturated carbocycles. The summed E-state index contributed by atoms with van der Waals surface area (Å²) in [5, 5.41) is 9.36. The quantitative estimate of drug-likeness (QED) is 0.812. The molecule has 1 aromatic rings. The van der Waals surface area contributed by atoms with Crippen molar-refractivity contribution in [3.8, 4) is 5.88 Å². The molecule has 92 valence electrons. The highest BCUT2D eigenvalue weighted by molar-refractivity contribution is 5.83. The normalized spacial score (nSPS) is 27.4. The summed E-state index contributed by atoms with van der Waals surface area (Å²) in [6, 6.07) is 1.79. The van der Waals surface area contributed by atoms with Gasteiger partial charge in [0, 0.05) is 17.8 Å². The minimum Gasteiger partial charge on any atom is -0.481 e. The third kappa shape index (κ3) is 1.76. The minimum absolute atomic E-state index is 0.0338. The molecule has 1 heterocycles. The third-order valence-corrected chi connectivity index (χ3v) is 3.41. The Morgan fingerprint density at radius 1 is 1.65 bits per heavy atom. The number of hydrogen-bond acceptors (Lipinski definition) is 4. The Bertz CT molecular complexity index is 453. The molecule has 17 heavy (non-hydrogen) atoms. The van der Waals surface area contributed by atoms with Crippen LogP contribution in [-0.2, 0) is 10.2 Å². The van der Waals surface area contributed by atoms with Crippen LogP contribution in [0.2, 0.25) is 0 Å². The summed E-state index contributed by atoms with van der Waals surface area (Å²) in [4.78, 5) is 15.5. The lowest BCUT2D eigenvalue weighted by molar-refractivity contribution is -0.148. The minimum atomic E-state index is -0.858. The lowest BCUT2D eigenvalue weighted by Crippen LogP contribution is -2.54. The van der Waals surface area contributed by atoms with Crippen molar-refractivity contribution in [3.63, 3.8) is 0 Å². The second-order valence-electron chi connectivity index (χ2n) is 4.61. The maximum atomic E-state index is 11.4. The predicted molar refractivity (Wildman–Crippen MR) is 62.0 cm³/mol. The van der Waals surface area contributed by atoms with Crippen LogP contribution in [0.3, 0.4) is 0 Å². The van der Waals surface area contributed by atoms with Crippen molar-refractivity contribution in [2.75, 3.05) is 7.11 Å². The topological polar surface area (TPSA) is 85.4 Å². The number of nitrogens with zero attached hydrogens (tertiary/aromatic N) is 1. The van der Waals surface area contributed by atoms with E-state index in [4.69, 9.17) is 10.5 Å². The van der Waals surface area contributed by atoms with Gasteiger partial charge in [0.05, 0.1) is 12.5 Å². The molecule has 0 spiro atoms. The Morgan fingerprint density at radius 2 is 2.29 bits per heavy atom. The fourth-order valence-corrected chi connectivity index (χ4v) is 2.41. The van der Waals surface area contributed by atoms with E-state index in [-0.39, 0.29) is 6.04 Å². The first-order chi connectivity index (χ1) is 7.99. The zero-order valence-corrected chi connectivity index (χ0v) is 9.93. The summed E-state index contributed by atoms with van der Waals surface area (Å²) in [5.41, 5.74) is 6.41. The van der Waals surface area contributed by atoms with Crippen LogP contribution in [0.1, 0.15) is 24.0 Å². The molecule has 0 aromatic carbocycles. The van der Waals surface area contributed by atoms with Crippen LogP contribution in [-0.4, -0.2) is 29.2 Å². The van der Waals surface area contributed by atoms with Gasteiger partial charge in [-0.05, 0) is 31.4 Å². The largest absolute Gasteiger partial charge is 0.481 e. The molecule has 1 fully saturated rings.